The minimum absolute atomic E-state index is 0.245. The molecule has 3 aromatic carbocycles. The molecule has 6 aromatic rings. The van der Waals surface area contributed by atoms with E-state index in [2.05, 4.69) is 17.5 Å². The van der Waals surface area contributed by atoms with Crippen LogP contribution in [0.15, 0.2) is 89.0 Å². The van der Waals surface area contributed by atoms with Crippen LogP contribution in [-0.2, 0) is 11.4 Å². The lowest BCUT2D eigenvalue weighted by Gasteiger charge is -2.13. The minimum Gasteiger partial charge on any atom is -0.172 e. The molecular weight excluding hydrogens is 901 g/mol. The smallest absolute Gasteiger partial charge is 0.172 e. The van der Waals surface area contributed by atoms with Gasteiger partial charge in [-0.05, 0) is 107 Å². The Hall–Kier alpha value is -2.74. The van der Waals surface area contributed by atoms with E-state index in [-0.39, 0.29) is 11.1 Å². The van der Waals surface area contributed by atoms with E-state index in [0.717, 1.165) is 70.0 Å². The number of aromatic nitrogens is 2. The zero-order valence-electron chi connectivity index (χ0n) is 25.4. The molecule has 0 atom stereocenters. The van der Waals surface area contributed by atoms with Crippen molar-refractivity contribution in [1.82, 2.24) is 8.75 Å². The number of benzene rings is 3. The molecule has 24 heteroatoms. The van der Waals surface area contributed by atoms with Crippen LogP contribution in [0.5, 0.6) is 0 Å². The maximum Gasteiger partial charge on any atom is 0.446 e. The largest absolute Gasteiger partial charge is 0.446 e. The molecular formula is C30H10F12N4S8. The summed E-state index contributed by atoms with van der Waals surface area (Å²) >= 11 is 1.43. The van der Waals surface area contributed by atoms with Gasteiger partial charge in [-0.1, -0.05) is 12.1 Å². The first-order chi connectivity index (χ1) is 25.2. The molecule has 0 aliphatic carbocycles. The van der Waals surface area contributed by atoms with E-state index in [1.807, 2.05) is 0 Å². The Balaban J connectivity index is 1.27. The quantitative estimate of drug-likeness (QED) is 0.112. The molecule has 0 radical (unpaired) electrons. The molecule has 7 rings (SSSR count). The second kappa shape index (κ2) is 14.6. The van der Waals surface area contributed by atoms with Gasteiger partial charge >= 0.3 is 22.0 Å². The van der Waals surface area contributed by atoms with Crippen molar-refractivity contribution in [2.45, 2.75) is 41.6 Å². The highest BCUT2D eigenvalue weighted by Gasteiger charge is 2.37. The summed E-state index contributed by atoms with van der Waals surface area (Å²) in [4.78, 5) is -0.406. The third-order valence-corrected chi connectivity index (χ3v) is 13.8. The second-order valence-electron chi connectivity index (χ2n) is 10.5. The predicted octanol–water partition coefficient (Wildman–Crippen LogP) is 15.7. The zero-order chi connectivity index (χ0) is 38.8. The van der Waals surface area contributed by atoms with Crippen molar-refractivity contribution in [3.63, 3.8) is 0 Å². The summed E-state index contributed by atoms with van der Waals surface area (Å²) in [7, 11) is 0. The summed E-state index contributed by atoms with van der Waals surface area (Å²) in [6.07, 6.45) is 0. The summed E-state index contributed by atoms with van der Waals surface area (Å²) in [6, 6.07) is 13.2. The summed E-state index contributed by atoms with van der Waals surface area (Å²) in [5, 5.41) is 0. The minimum atomic E-state index is -4.84. The van der Waals surface area contributed by atoms with E-state index in [1.54, 1.807) is 24.3 Å². The lowest BCUT2D eigenvalue weighted by atomic mass is 10.0. The molecule has 54 heavy (non-hydrogen) atoms. The van der Waals surface area contributed by atoms with Crippen molar-refractivity contribution in [2.24, 2.45) is 8.73 Å². The van der Waals surface area contributed by atoms with Gasteiger partial charge in [-0.3, -0.25) is 0 Å². The molecule has 4 heterocycles. The predicted molar refractivity (Wildman–Crippen MR) is 194 cm³/mol. The SMILES string of the molecule is FC(F)(F)Sc1ccc(-c2ccc(-c3c4c(c(-c5ccc(-c6ccc(SC(F)(F)F)c(SC(F)(F)F)c6)s5)c5nsnc35)N=S=N4)s2)cc1SC(F)(F)F. The van der Waals surface area contributed by atoms with Gasteiger partial charge in [0.1, 0.15) is 22.4 Å². The van der Waals surface area contributed by atoms with Crippen LogP contribution < -0.4 is 0 Å². The fraction of sp³-hybridized carbons (Fsp3) is 0.133. The maximum atomic E-state index is 13.3. The number of hydrogen-bond donors (Lipinski definition) is 0. The average molecular weight is 911 g/mol. The van der Waals surface area contributed by atoms with E-state index < -0.39 is 88.7 Å². The van der Waals surface area contributed by atoms with Crippen molar-refractivity contribution < 1.29 is 52.7 Å². The molecule has 0 amide bonds. The molecule has 0 saturated carbocycles. The van der Waals surface area contributed by atoms with E-state index >= 15 is 0 Å². The monoisotopic (exact) mass is 910 g/mol. The Morgan fingerprint density at radius 2 is 0.778 bits per heavy atom. The number of hydrogen-bond acceptors (Lipinski definition) is 11. The van der Waals surface area contributed by atoms with Gasteiger partial charge in [-0.25, -0.2) is 0 Å². The maximum absolute atomic E-state index is 13.3. The average Bonchev–Trinajstić information content (AvgIpc) is 3.86. The number of thiophene rings is 2. The van der Waals surface area contributed by atoms with Gasteiger partial charge in [0.2, 0.25) is 0 Å². The highest BCUT2D eigenvalue weighted by atomic mass is 32.2. The van der Waals surface area contributed by atoms with Gasteiger partial charge in [0.05, 0.1) is 23.1 Å². The Kier molecular flexibility index (Phi) is 10.7. The molecule has 0 saturated heterocycles. The summed E-state index contributed by atoms with van der Waals surface area (Å²) in [6.45, 7) is 0. The molecule has 1 aliphatic rings. The molecule has 0 fully saturated rings. The summed E-state index contributed by atoms with van der Waals surface area (Å²) < 4.78 is 176. The number of nitrogens with zero attached hydrogens (tertiary/aromatic N) is 4. The Bertz CT molecular complexity index is 2310. The Labute approximate surface area is 327 Å². The van der Waals surface area contributed by atoms with Crippen LogP contribution in [0, 0.1) is 0 Å². The van der Waals surface area contributed by atoms with E-state index in [4.69, 9.17) is 0 Å². The van der Waals surface area contributed by atoms with Crippen LogP contribution in [-0.4, -0.2) is 30.8 Å². The molecule has 282 valence electrons. The van der Waals surface area contributed by atoms with Crippen LogP contribution in [0.3, 0.4) is 0 Å². The normalized spacial score (nSPS) is 13.6. The first-order valence-electron chi connectivity index (χ1n) is 14.1. The number of fused-ring (bicyclic) bond motifs is 2. The molecule has 0 spiro atoms. The topological polar surface area (TPSA) is 50.5 Å². The van der Waals surface area contributed by atoms with Crippen molar-refractivity contribution in [3.05, 3.63) is 60.7 Å². The van der Waals surface area contributed by atoms with Crippen molar-refractivity contribution >= 4 is 115 Å². The zero-order valence-corrected chi connectivity index (χ0v) is 31.9. The third kappa shape index (κ3) is 8.94. The first-order valence-corrected chi connectivity index (χ1v) is 20.5. The number of halogens is 12. The van der Waals surface area contributed by atoms with Gasteiger partial charge in [0.15, 0.2) is 0 Å². The number of alkyl halides is 12. The van der Waals surface area contributed by atoms with E-state index in [9.17, 15) is 52.7 Å². The van der Waals surface area contributed by atoms with E-state index in [1.165, 1.54) is 12.1 Å². The number of rotatable bonds is 8. The molecule has 0 bridgehead atoms. The third-order valence-electron chi connectivity index (χ3n) is 6.99. The van der Waals surface area contributed by atoms with Crippen molar-refractivity contribution in [1.29, 1.82) is 0 Å². The lowest BCUT2D eigenvalue weighted by molar-refractivity contribution is -0.0346. The molecule has 0 N–H and O–H groups in total. The Morgan fingerprint density at radius 1 is 0.426 bits per heavy atom. The summed E-state index contributed by atoms with van der Waals surface area (Å²) in [5.74, 6) is 0. The van der Waals surface area contributed by atoms with Crippen molar-refractivity contribution in [2.75, 3.05) is 0 Å². The first kappa shape index (κ1) is 39.5. The molecule has 4 nitrogen and oxygen atoms in total. The van der Waals surface area contributed by atoms with E-state index in [0.29, 0.717) is 53.0 Å². The molecule has 1 aliphatic heterocycles. The standard InChI is InChI=1S/C30H10F12N4S8/c31-27(32,33)49-15-3-1-11(9-19(15)51-29(37,38)39)13-5-7-17(47-13)21-23-25(45-53-43-23)22(26-24(21)44-54-46-26)18-8-6-14(48-18)12-2-4-16(50-28(34,35)36)20(10-12)52-30(40,41)42/h1-10H. The summed E-state index contributed by atoms with van der Waals surface area (Å²) in [5.41, 5.74) is -16.2. The van der Waals surface area contributed by atoms with Crippen LogP contribution >= 0.6 is 81.4 Å². The fourth-order valence-corrected chi connectivity index (χ4v) is 11.1. The van der Waals surface area contributed by atoms with Crippen LogP contribution in [0.4, 0.5) is 64.1 Å². The van der Waals surface area contributed by atoms with Crippen LogP contribution in [0.1, 0.15) is 0 Å². The van der Waals surface area contributed by atoms with Gasteiger partial charge in [0.25, 0.3) is 0 Å². The van der Waals surface area contributed by atoms with Crippen LogP contribution in [0.2, 0.25) is 0 Å². The second-order valence-corrected chi connectivity index (χ2v) is 18.2. The number of thioether (sulfide) groups is 4. The lowest BCUT2D eigenvalue weighted by Crippen LogP contribution is -2.03. The highest BCUT2D eigenvalue weighted by Crippen LogP contribution is 2.56. The Morgan fingerprint density at radius 3 is 1.15 bits per heavy atom. The van der Waals surface area contributed by atoms with Crippen LogP contribution in [0.25, 0.3) is 52.8 Å². The molecule has 3 aromatic heterocycles. The van der Waals surface area contributed by atoms with Gasteiger partial charge in [-0.2, -0.15) is 70.2 Å². The van der Waals surface area contributed by atoms with Gasteiger partial charge in [-0.15, -0.1) is 22.7 Å². The molecule has 0 unspecified atom stereocenters. The van der Waals surface area contributed by atoms with Gasteiger partial charge in [0, 0.05) is 50.2 Å². The fourth-order valence-electron chi connectivity index (χ4n) is 5.13. The highest BCUT2D eigenvalue weighted by molar-refractivity contribution is 8.03. The van der Waals surface area contributed by atoms with Crippen molar-refractivity contribution in [3.8, 4) is 41.8 Å². The van der Waals surface area contributed by atoms with Gasteiger partial charge < -0.3 is 0 Å².